The lowest BCUT2D eigenvalue weighted by atomic mass is 9.91. The molecule has 0 unspecified atom stereocenters. The van der Waals surface area contributed by atoms with E-state index in [0.29, 0.717) is 0 Å². The van der Waals surface area contributed by atoms with Gasteiger partial charge in [0.1, 0.15) is 0 Å². The Morgan fingerprint density at radius 2 is 1.87 bits per heavy atom. The van der Waals surface area contributed by atoms with Crippen LogP contribution in [0, 0.1) is 0 Å². The van der Waals surface area contributed by atoms with Crippen LogP contribution in [-0.4, -0.2) is 5.54 Å². The van der Waals surface area contributed by atoms with Crippen LogP contribution in [0.25, 0.3) is 0 Å². The van der Waals surface area contributed by atoms with E-state index in [0.717, 1.165) is 12.8 Å². The highest BCUT2D eigenvalue weighted by molar-refractivity contribution is 9.10. The number of nitrogens with two attached hydrogens (primary N) is 1. The topological polar surface area (TPSA) is 26.0 Å². The molecule has 2 rings (SSSR count). The molecule has 1 aliphatic carbocycles. The van der Waals surface area contributed by atoms with Gasteiger partial charge in [-0.05, 0) is 37.3 Å². The van der Waals surface area contributed by atoms with E-state index in [1.165, 1.54) is 35.7 Å². The maximum absolute atomic E-state index is 6.34. The largest absolute Gasteiger partial charge is 0.325 e. The third-order valence-corrected chi connectivity index (χ3v) is 4.22. The highest BCUT2D eigenvalue weighted by Crippen LogP contribution is 2.31. The van der Waals surface area contributed by atoms with Gasteiger partial charge >= 0.3 is 0 Å². The molecular formula is C13H18BrN. The highest BCUT2D eigenvalue weighted by Gasteiger charge is 2.28. The summed E-state index contributed by atoms with van der Waals surface area (Å²) in [5.74, 6) is 0. The van der Waals surface area contributed by atoms with Crippen molar-refractivity contribution >= 4 is 15.9 Å². The minimum absolute atomic E-state index is 0.120. The van der Waals surface area contributed by atoms with Gasteiger partial charge in [0.15, 0.2) is 0 Å². The molecule has 2 N–H and O–H groups in total. The van der Waals surface area contributed by atoms with E-state index >= 15 is 0 Å². The van der Waals surface area contributed by atoms with E-state index in [9.17, 15) is 0 Å². The van der Waals surface area contributed by atoms with Gasteiger partial charge in [-0.2, -0.15) is 0 Å². The van der Waals surface area contributed by atoms with Crippen LogP contribution in [0.2, 0.25) is 0 Å². The van der Waals surface area contributed by atoms with E-state index in [-0.39, 0.29) is 5.54 Å². The first-order valence-electron chi connectivity index (χ1n) is 5.72. The Balaban J connectivity index is 1.95. The third-order valence-electron chi connectivity index (χ3n) is 3.45. The van der Waals surface area contributed by atoms with Gasteiger partial charge in [0.25, 0.3) is 0 Å². The number of benzene rings is 1. The molecule has 2 heteroatoms. The number of aryl methyl sites for hydroxylation is 1. The van der Waals surface area contributed by atoms with E-state index in [1.807, 2.05) is 0 Å². The van der Waals surface area contributed by atoms with Gasteiger partial charge in [-0.25, -0.2) is 0 Å². The lowest BCUT2D eigenvalue weighted by molar-refractivity contribution is 0.405. The molecule has 1 nitrogen and oxygen atoms in total. The summed E-state index contributed by atoms with van der Waals surface area (Å²) < 4.78 is 1.21. The monoisotopic (exact) mass is 267 g/mol. The number of rotatable bonds is 3. The van der Waals surface area contributed by atoms with Gasteiger partial charge in [-0.1, -0.05) is 47.0 Å². The zero-order valence-electron chi connectivity index (χ0n) is 9.01. The Morgan fingerprint density at radius 3 is 2.53 bits per heavy atom. The minimum Gasteiger partial charge on any atom is -0.325 e. The molecule has 0 radical (unpaired) electrons. The molecule has 0 atom stereocenters. The van der Waals surface area contributed by atoms with Crippen LogP contribution in [-0.2, 0) is 6.42 Å². The van der Waals surface area contributed by atoms with E-state index in [4.69, 9.17) is 5.73 Å². The molecular weight excluding hydrogens is 250 g/mol. The summed E-state index contributed by atoms with van der Waals surface area (Å²) in [4.78, 5) is 0. The molecule has 0 aromatic heterocycles. The molecule has 1 fully saturated rings. The summed E-state index contributed by atoms with van der Waals surface area (Å²) in [7, 11) is 0. The summed E-state index contributed by atoms with van der Waals surface area (Å²) in [5.41, 5.74) is 7.85. The van der Waals surface area contributed by atoms with Crippen molar-refractivity contribution in [1.82, 2.24) is 0 Å². The van der Waals surface area contributed by atoms with Crippen LogP contribution in [0.3, 0.4) is 0 Å². The van der Waals surface area contributed by atoms with Crippen molar-refractivity contribution in [2.24, 2.45) is 5.73 Å². The predicted molar refractivity (Wildman–Crippen MR) is 67.8 cm³/mol. The minimum atomic E-state index is 0.120. The van der Waals surface area contributed by atoms with Gasteiger partial charge in [0.05, 0.1) is 0 Å². The predicted octanol–water partition coefficient (Wildman–Crippen LogP) is 3.65. The Labute approximate surface area is 100 Å². The zero-order valence-corrected chi connectivity index (χ0v) is 10.6. The maximum Gasteiger partial charge on any atom is 0.0207 e. The molecule has 0 amide bonds. The van der Waals surface area contributed by atoms with Crippen molar-refractivity contribution in [2.75, 3.05) is 0 Å². The fourth-order valence-corrected chi connectivity index (χ4v) is 2.90. The SMILES string of the molecule is NC1(CCc2ccccc2Br)CCCC1. The summed E-state index contributed by atoms with van der Waals surface area (Å²) in [6.45, 7) is 0. The van der Waals surface area contributed by atoms with Crippen molar-refractivity contribution in [3.05, 3.63) is 34.3 Å². The molecule has 0 aliphatic heterocycles. The summed E-state index contributed by atoms with van der Waals surface area (Å²) in [6, 6.07) is 8.44. The van der Waals surface area contributed by atoms with Crippen LogP contribution in [0.15, 0.2) is 28.7 Å². The van der Waals surface area contributed by atoms with Crippen LogP contribution in [0.4, 0.5) is 0 Å². The molecule has 1 saturated carbocycles. The van der Waals surface area contributed by atoms with Crippen molar-refractivity contribution in [2.45, 2.75) is 44.1 Å². The fourth-order valence-electron chi connectivity index (χ4n) is 2.41. The molecule has 0 bridgehead atoms. The highest BCUT2D eigenvalue weighted by atomic mass is 79.9. The summed E-state index contributed by atoms with van der Waals surface area (Å²) in [5, 5.41) is 0. The van der Waals surface area contributed by atoms with Gasteiger partial charge in [-0.15, -0.1) is 0 Å². The number of halogens is 1. The normalized spacial score (nSPS) is 19.3. The zero-order chi connectivity index (χ0) is 10.7. The average Bonchev–Trinajstić information content (AvgIpc) is 2.65. The summed E-state index contributed by atoms with van der Waals surface area (Å²) in [6.07, 6.45) is 7.25. The van der Waals surface area contributed by atoms with E-state index in [2.05, 4.69) is 40.2 Å². The van der Waals surface area contributed by atoms with Crippen molar-refractivity contribution in [3.63, 3.8) is 0 Å². The second-order valence-corrected chi connectivity index (χ2v) is 5.52. The van der Waals surface area contributed by atoms with E-state index in [1.54, 1.807) is 0 Å². The smallest absolute Gasteiger partial charge is 0.0207 e. The molecule has 82 valence electrons. The van der Waals surface area contributed by atoms with Gasteiger partial charge < -0.3 is 5.73 Å². The summed E-state index contributed by atoms with van der Waals surface area (Å²) >= 11 is 3.58. The van der Waals surface area contributed by atoms with Crippen LogP contribution in [0.5, 0.6) is 0 Å². The Hall–Kier alpha value is -0.340. The molecule has 1 aliphatic rings. The Kier molecular flexibility index (Phi) is 3.47. The third kappa shape index (κ3) is 2.82. The molecule has 1 aromatic carbocycles. The second kappa shape index (κ2) is 4.67. The van der Waals surface area contributed by atoms with Crippen molar-refractivity contribution in [1.29, 1.82) is 0 Å². The number of hydrogen-bond donors (Lipinski definition) is 1. The van der Waals surface area contributed by atoms with Crippen molar-refractivity contribution in [3.8, 4) is 0 Å². The fraction of sp³-hybridized carbons (Fsp3) is 0.538. The Morgan fingerprint density at radius 1 is 1.20 bits per heavy atom. The molecule has 0 spiro atoms. The lowest BCUT2D eigenvalue weighted by Crippen LogP contribution is -2.36. The molecule has 0 heterocycles. The van der Waals surface area contributed by atoms with Crippen molar-refractivity contribution < 1.29 is 0 Å². The van der Waals surface area contributed by atoms with E-state index < -0.39 is 0 Å². The Bertz CT molecular complexity index is 329. The first-order chi connectivity index (χ1) is 7.20. The quantitative estimate of drug-likeness (QED) is 0.889. The average molecular weight is 268 g/mol. The first kappa shape index (κ1) is 11.2. The lowest BCUT2D eigenvalue weighted by Gasteiger charge is -2.23. The first-order valence-corrected chi connectivity index (χ1v) is 6.51. The van der Waals surface area contributed by atoms with Crippen LogP contribution >= 0.6 is 15.9 Å². The van der Waals surface area contributed by atoms with Gasteiger partial charge in [-0.3, -0.25) is 0 Å². The van der Waals surface area contributed by atoms with Crippen LogP contribution < -0.4 is 5.73 Å². The van der Waals surface area contributed by atoms with Gasteiger partial charge in [0, 0.05) is 10.0 Å². The standard InChI is InChI=1S/C13H18BrN/c14-12-6-2-1-5-11(12)7-10-13(15)8-3-4-9-13/h1-2,5-6H,3-4,7-10,15H2. The number of hydrogen-bond acceptors (Lipinski definition) is 1. The maximum atomic E-state index is 6.34. The molecule has 1 aromatic rings. The second-order valence-electron chi connectivity index (χ2n) is 4.66. The molecule has 0 saturated heterocycles. The molecule has 15 heavy (non-hydrogen) atoms. The van der Waals surface area contributed by atoms with Gasteiger partial charge in [0.2, 0.25) is 0 Å². The van der Waals surface area contributed by atoms with Crippen LogP contribution in [0.1, 0.15) is 37.7 Å².